The van der Waals surface area contributed by atoms with Crippen molar-refractivity contribution in [2.45, 2.75) is 13.3 Å². The Bertz CT molecular complexity index is 645. The number of aromatic nitrogens is 3. The van der Waals surface area contributed by atoms with Crippen molar-refractivity contribution < 1.29 is 4.74 Å². The average Bonchev–Trinajstić information content (AvgIpc) is 2.96. The molecule has 0 radical (unpaired) electrons. The van der Waals surface area contributed by atoms with Gasteiger partial charge in [0.1, 0.15) is 5.75 Å². The Balaban J connectivity index is 1.42. The minimum absolute atomic E-state index is 0.693. The first-order valence-corrected chi connectivity index (χ1v) is 7.37. The van der Waals surface area contributed by atoms with E-state index in [0.717, 1.165) is 34.5 Å². The van der Waals surface area contributed by atoms with Gasteiger partial charge in [0, 0.05) is 6.54 Å². The molecular weight excluding hydrogens is 272 g/mol. The van der Waals surface area contributed by atoms with E-state index in [1.807, 2.05) is 48.0 Å². The summed E-state index contributed by atoms with van der Waals surface area (Å²) in [5.74, 6) is 0.913. The van der Waals surface area contributed by atoms with Crippen LogP contribution in [0.1, 0.15) is 12.1 Å². The number of benzene rings is 1. The van der Waals surface area contributed by atoms with Gasteiger partial charge < -0.3 is 10.1 Å². The number of imidazole rings is 1. The molecular formula is C14H16N4OS. The number of nitrogens with zero attached hydrogens (tertiary/aromatic N) is 3. The first kappa shape index (κ1) is 12.9. The number of rotatable bonds is 6. The molecule has 20 heavy (non-hydrogen) atoms. The summed E-state index contributed by atoms with van der Waals surface area (Å²) in [7, 11) is 0. The molecule has 2 heterocycles. The number of anilines is 1. The van der Waals surface area contributed by atoms with Gasteiger partial charge in [0.2, 0.25) is 10.1 Å². The van der Waals surface area contributed by atoms with Crippen LogP contribution in [-0.2, 0) is 0 Å². The molecule has 104 valence electrons. The zero-order valence-corrected chi connectivity index (χ0v) is 12.1. The summed E-state index contributed by atoms with van der Waals surface area (Å²) in [5, 5.41) is 8.60. The van der Waals surface area contributed by atoms with Gasteiger partial charge in [-0.15, -0.1) is 5.10 Å². The van der Waals surface area contributed by atoms with Gasteiger partial charge in [-0.3, -0.25) is 0 Å². The van der Waals surface area contributed by atoms with Crippen LogP contribution in [0, 0.1) is 6.92 Å². The summed E-state index contributed by atoms with van der Waals surface area (Å²) < 4.78 is 7.44. The Morgan fingerprint density at radius 1 is 1.30 bits per heavy atom. The lowest BCUT2D eigenvalue weighted by Crippen LogP contribution is -2.07. The molecule has 6 heteroatoms. The molecule has 1 N–H and O–H groups in total. The lowest BCUT2D eigenvalue weighted by molar-refractivity contribution is 0.315. The normalized spacial score (nSPS) is 10.8. The molecule has 0 aliphatic carbocycles. The highest BCUT2D eigenvalue weighted by atomic mass is 32.1. The van der Waals surface area contributed by atoms with Crippen molar-refractivity contribution in [2.75, 3.05) is 18.5 Å². The summed E-state index contributed by atoms with van der Waals surface area (Å²) in [6.07, 6.45) is 2.85. The van der Waals surface area contributed by atoms with Gasteiger partial charge in [-0.05, 0) is 25.5 Å². The molecule has 5 nitrogen and oxygen atoms in total. The highest BCUT2D eigenvalue weighted by molar-refractivity contribution is 7.20. The molecule has 0 atom stereocenters. The minimum atomic E-state index is 0.693. The van der Waals surface area contributed by atoms with E-state index in [1.54, 1.807) is 11.3 Å². The number of para-hydroxylation sites is 1. The van der Waals surface area contributed by atoms with E-state index >= 15 is 0 Å². The van der Waals surface area contributed by atoms with Crippen LogP contribution in [0.4, 0.5) is 5.13 Å². The summed E-state index contributed by atoms with van der Waals surface area (Å²) in [6, 6.07) is 9.86. The predicted molar refractivity (Wildman–Crippen MR) is 80.6 cm³/mol. The lowest BCUT2D eigenvalue weighted by atomic mass is 10.3. The maximum Gasteiger partial charge on any atom is 0.214 e. The molecule has 3 aromatic rings. The number of aryl methyl sites for hydroxylation is 1. The minimum Gasteiger partial charge on any atom is -0.494 e. The van der Waals surface area contributed by atoms with E-state index in [4.69, 9.17) is 4.74 Å². The highest BCUT2D eigenvalue weighted by Crippen LogP contribution is 2.18. The highest BCUT2D eigenvalue weighted by Gasteiger charge is 2.05. The number of ether oxygens (including phenoxy) is 1. The maximum absolute atomic E-state index is 5.63. The van der Waals surface area contributed by atoms with Crippen molar-refractivity contribution in [3.63, 3.8) is 0 Å². The molecule has 2 aromatic heterocycles. The Hall–Kier alpha value is -2.08. The Morgan fingerprint density at radius 3 is 2.95 bits per heavy atom. The lowest BCUT2D eigenvalue weighted by Gasteiger charge is -2.05. The molecule has 3 rings (SSSR count). The summed E-state index contributed by atoms with van der Waals surface area (Å²) in [6.45, 7) is 3.50. The average molecular weight is 288 g/mol. The van der Waals surface area contributed by atoms with Crippen molar-refractivity contribution in [3.05, 3.63) is 42.2 Å². The third-order valence-corrected chi connectivity index (χ3v) is 3.65. The second-order valence-electron chi connectivity index (χ2n) is 4.46. The van der Waals surface area contributed by atoms with Crippen molar-refractivity contribution in [2.24, 2.45) is 0 Å². The van der Waals surface area contributed by atoms with Crippen molar-refractivity contribution in [3.8, 4) is 5.75 Å². The molecule has 0 aliphatic rings. The molecule has 0 saturated carbocycles. The van der Waals surface area contributed by atoms with E-state index in [9.17, 15) is 0 Å². The van der Waals surface area contributed by atoms with Crippen LogP contribution < -0.4 is 10.1 Å². The smallest absolute Gasteiger partial charge is 0.214 e. The third kappa shape index (κ3) is 3.08. The van der Waals surface area contributed by atoms with Gasteiger partial charge in [-0.2, -0.15) is 0 Å². The van der Waals surface area contributed by atoms with Crippen LogP contribution in [0.5, 0.6) is 5.75 Å². The van der Waals surface area contributed by atoms with Crippen molar-refractivity contribution >= 4 is 21.4 Å². The number of fused-ring (bicyclic) bond motifs is 1. The number of hydrogen-bond donors (Lipinski definition) is 1. The fourth-order valence-electron chi connectivity index (χ4n) is 1.85. The SMILES string of the molecule is Cc1cn2nc(NCCCOc3ccccc3)sc2n1. The van der Waals surface area contributed by atoms with Gasteiger partial charge in [0.05, 0.1) is 18.5 Å². The standard InChI is InChI=1S/C14H16N4OS/c1-11-10-18-14(16-11)20-13(17-18)15-8-5-9-19-12-6-3-2-4-7-12/h2-4,6-7,10H,5,8-9H2,1H3,(H,15,17). The second-order valence-corrected chi connectivity index (χ2v) is 5.41. The first-order chi connectivity index (χ1) is 9.81. The predicted octanol–water partition coefficient (Wildman–Crippen LogP) is 2.98. The Labute approximate surface area is 121 Å². The fourth-order valence-corrected chi connectivity index (χ4v) is 2.71. The number of nitrogens with one attached hydrogen (secondary N) is 1. The van der Waals surface area contributed by atoms with E-state index in [0.29, 0.717) is 6.61 Å². The van der Waals surface area contributed by atoms with Crippen molar-refractivity contribution in [1.82, 2.24) is 14.6 Å². The van der Waals surface area contributed by atoms with Gasteiger partial charge in [0.15, 0.2) is 0 Å². The maximum atomic E-state index is 5.63. The van der Waals surface area contributed by atoms with Gasteiger partial charge >= 0.3 is 0 Å². The molecule has 0 amide bonds. The third-order valence-electron chi connectivity index (χ3n) is 2.77. The molecule has 0 saturated heterocycles. The van der Waals surface area contributed by atoms with Crippen LogP contribution in [0.25, 0.3) is 4.96 Å². The zero-order valence-electron chi connectivity index (χ0n) is 11.2. The van der Waals surface area contributed by atoms with Crippen molar-refractivity contribution in [1.29, 1.82) is 0 Å². The van der Waals surface area contributed by atoms with Gasteiger partial charge in [0.25, 0.3) is 0 Å². The van der Waals surface area contributed by atoms with Crippen LogP contribution in [0.3, 0.4) is 0 Å². The van der Waals surface area contributed by atoms with E-state index in [-0.39, 0.29) is 0 Å². The topological polar surface area (TPSA) is 51.5 Å². The Morgan fingerprint density at radius 2 is 2.15 bits per heavy atom. The van der Waals surface area contributed by atoms with Crippen LogP contribution >= 0.6 is 11.3 Å². The van der Waals surface area contributed by atoms with Gasteiger partial charge in [-0.1, -0.05) is 29.5 Å². The summed E-state index contributed by atoms with van der Waals surface area (Å²) >= 11 is 1.56. The van der Waals surface area contributed by atoms with Crippen LogP contribution in [0.15, 0.2) is 36.5 Å². The summed E-state index contributed by atoms with van der Waals surface area (Å²) in [5.41, 5.74) is 0.992. The monoisotopic (exact) mass is 288 g/mol. The van der Waals surface area contributed by atoms with E-state index in [2.05, 4.69) is 15.4 Å². The molecule has 0 unspecified atom stereocenters. The largest absolute Gasteiger partial charge is 0.494 e. The summed E-state index contributed by atoms with van der Waals surface area (Å²) in [4.78, 5) is 5.29. The van der Waals surface area contributed by atoms with Crippen LogP contribution in [0.2, 0.25) is 0 Å². The quantitative estimate of drug-likeness (QED) is 0.708. The Kier molecular flexibility index (Phi) is 3.83. The molecule has 0 spiro atoms. The zero-order chi connectivity index (χ0) is 13.8. The second kappa shape index (κ2) is 5.92. The molecule has 0 fully saturated rings. The van der Waals surface area contributed by atoms with E-state index < -0.39 is 0 Å². The molecule has 0 bridgehead atoms. The molecule has 0 aliphatic heterocycles. The fraction of sp³-hybridized carbons (Fsp3) is 0.286. The molecule has 1 aromatic carbocycles. The first-order valence-electron chi connectivity index (χ1n) is 6.56. The number of hydrogen-bond acceptors (Lipinski definition) is 5. The van der Waals surface area contributed by atoms with Gasteiger partial charge in [-0.25, -0.2) is 9.50 Å². The van der Waals surface area contributed by atoms with E-state index in [1.165, 1.54) is 0 Å². The van der Waals surface area contributed by atoms with Crippen LogP contribution in [-0.4, -0.2) is 27.7 Å².